The molecule has 0 bridgehead atoms. The quantitative estimate of drug-likeness (QED) is 0.915. The topological polar surface area (TPSA) is 60.9 Å². The number of halogens is 2. The van der Waals surface area contributed by atoms with Crippen molar-refractivity contribution in [3.63, 3.8) is 0 Å². The normalized spacial score (nSPS) is 12.4. The summed E-state index contributed by atoms with van der Waals surface area (Å²) in [5.41, 5.74) is 6.40. The lowest BCUT2D eigenvalue weighted by Gasteiger charge is -2.13. The molecule has 0 aliphatic heterocycles. The fourth-order valence-electron chi connectivity index (χ4n) is 1.75. The summed E-state index contributed by atoms with van der Waals surface area (Å²) in [7, 11) is 0. The smallest absolute Gasteiger partial charge is 0.267 e. The highest BCUT2D eigenvalue weighted by Crippen LogP contribution is 2.17. The van der Waals surface area contributed by atoms with Gasteiger partial charge in [-0.15, -0.1) is 0 Å². The molecule has 6 heteroatoms. The number of rotatable bonds is 3. The second-order valence-corrected chi connectivity index (χ2v) is 4.33. The summed E-state index contributed by atoms with van der Waals surface area (Å²) in [6.45, 7) is 1.78. The largest absolute Gasteiger partial charge is 0.322 e. The molecule has 1 aromatic heterocycles. The lowest BCUT2D eigenvalue weighted by atomic mass is 10.1. The van der Waals surface area contributed by atoms with Crippen LogP contribution in [0, 0.1) is 18.6 Å². The van der Waals surface area contributed by atoms with Gasteiger partial charge in [0.1, 0.15) is 11.6 Å². The molecule has 1 atom stereocenters. The van der Waals surface area contributed by atoms with Crippen molar-refractivity contribution in [2.45, 2.75) is 19.5 Å². The third-order valence-electron chi connectivity index (χ3n) is 2.74. The van der Waals surface area contributed by atoms with Crippen molar-refractivity contribution in [2.75, 3.05) is 0 Å². The third kappa shape index (κ3) is 3.03. The maximum absolute atomic E-state index is 13.5. The molecular weight excluding hydrogens is 252 g/mol. The van der Waals surface area contributed by atoms with Gasteiger partial charge in [-0.3, -0.25) is 4.79 Å². The Morgan fingerprint density at radius 3 is 2.74 bits per heavy atom. The van der Waals surface area contributed by atoms with Crippen LogP contribution in [0.1, 0.15) is 17.2 Å². The van der Waals surface area contributed by atoms with Gasteiger partial charge in [-0.2, -0.15) is 5.10 Å². The Morgan fingerprint density at radius 1 is 1.37 bits per heavy atom. The summed E-state index contributed by atoms with van der Waals surface area (Å²) < 4.78 is 27.5. The molecule has 100 valence electrons. The molecule has 0 amide bonds. The zero-order valence-electron chi connectivity index (χ0n) is 10.3. The van der Waals surface area contributed by atoms with Gasteiger partial charge in [-0.05, 0) is 18.6 Å². The van der Waals surface area contributed by atoms with Crippen molar-refractivity contribution in [1.29, 1.82) is 0 Å². The van der Waals surface area contributed by atoms with Crippen molar-refractivity contribution < 1.29 is 8.78 Å². The molecule has 19 heavy (non-hydrogen) atoms. The van der Waals surface area contributed by atoms with Crippen LogP contribution in [-0.4, -0.2) is 9.78 Å². The van der Waals surface area contributed by atoms with E-state index in [4.69, 9.17) is 5.73 Å². The monoisotopic (exact) mass is 265 g/mol. The first-order valence-electron chi connectivity index (χ1n) is 5.71. The maximum Gasteiger partial charge on any atom is 0.267 e. The first-order chi connectivity index (χ1) is 8.97. The molecule has 1 heterocycles. The van der Waals surface area contributed by atoms with Gasteiger partial charge in [0.15, 0.2) is 0 Å². The average Bonchev–Trinajstić information content (AvgIpc) is 2.32. The summed E-state index contributed by atoms with van der Waals surface area (Å²) in [5, 5.41) is 3.92. The highest BCUT2D eigenvalue weighted by molar-refractivity contribution is 5.21. The van der Waals surface area contributed by atoms with Crippen LogP contribution in [0.4, 0.5) is 8.78 Å². The molecule has 2 N–H and O–H groups in total. The minimum Gasteiger partial charge on any atom is -0.322 e. The predicted molar refractivity (Wildman–Crippen MR) is 66.5 cm³/mol. The molecule has 2 aromatic rings. The Balaban J connectivity index is 2.25. The van der Waals surface area contributed by atoms with Crippen molar-refractivity contribution in [1.82, 2.24) is 9.78 Å². The molecule has 1 unspecified atom stereocenters. The SMILES string of the molecule is Cc1cnn(CC(N)c2ccc(F)cc2F)c(=O)c1. The minimum absolute atomic E-state index is 0.0294. The minimum atomic E-state index is -0.770. The molecule has 4 nitrogen and oxygen atoms in total. The lowest BCUT2D eigenvalue weighted by Crippen LogP contribution is -2.28. The first kappa shape index (κ1) is 13.4. The second kappa shape index (κ2) is 5.27. The van der Waals surface area contributed by atoms with Crippen LogP contribution in [0.5, 0.6) is 0 Å². The van der Waals surface area contributed by atoms with Crippen LogP contribution >= 0.6 is 0 Å². The van der Waals surface area contributed by atoms with Crippen LogP contribution in [0.2, 0.25) is 0 Å². The maximum atomic E-state index is 13.5. The van der Waals surface area contributed by atoms with Crippen LogP contribution in [0.15, 0.2) is 35.3 Å². The number of aryl methyl sites for hydroxylation is 1. The van der Waals surface area contributed by atoms with Gasteiger partial charge in [0.25, 0.3) is 5.56 Å². The van der Waals surface area contributed by atoms with Gasteiger partial charge < -0.3 is 5.73 Å². The first-order valence-corrected chi connectivity index (χ1v) is 5.71. The third-order valence-corrected chi connectivity index (χ3v) is 2.74. The average molecular weight is 265 g/mol. The lowest BCUT2D eigenvalue weighted by molar-refractivity contribution is 0.479. The van der Waals surface area contributed by atoms with Crippen molar-refractivity contribution in [2.24, 2.45) is 5.73 Å². The van der Waals surface area contributed by atoms with Gasteiger partial charge in [0.2, 0.25) is 0 Å². The van der Waals surface area contributed by atoms with Gasteiger partial charge in [-0.25, -0.2) is 13.5 Å². The molecule has 0 spiro atoms. The van der Waals surface area contributed by atoms with E-state index in [2.05, 4.69) is 5.10 Å². The summed E-state index contributed by atoms with van der Waals surface area (Å²) in [6, 6.07) is 3.81. The summed E-state index contributed by atoms with van der Waals surface area (Å²) in [6.07, 6.45) is 1.52. The molecule has 0 fully saturated rings. The van der Waals surface area contributed by atoms with E-state index in [9.17, 15) is 13.6 Å². The fourth-order valence-corrected chi connectivity index (χ4v) is 1.75. The van der Waals surface area contributed by atoms with Crippen molar-refractivity contribution in [3.05, 3.63) is 63.6 Å². The predicted octanol–water partition coefficient (Wildman–Crippen LogP) is 1.53. The molecule has 1 aromatic carbocycles. The van der Waals surface area contributed by atoms with Crippen LogP contribution in [-0.2, 0) is 6.54 Å². The van der Waals surface area contributed by atoms with Gasteiger partial charge in [0, 0.05) is 17.7 Å². The summed E-state index contributed by atoms with van der Waals surface area (Å²) in [5.74, 6) is -1.40. The van der Waals surface area contributed by atoms with Gasteiger partial charge in [-0.1, -0.05) is 6.07 Å². The van der Waals surface area contributed by atoms with Gasteiger partial charge in [0.05, 0.1) is 18.8 Å². The Kier molecular flexibility index (Phi) is 3.71. The molecule has 0 saturated carbocycles. The van der Waals surface area contributed by atoms with E-state index in [1.54, 1.807) is 6.92 Å². The van der Waals surface area contributed by atoms with E-state index < -0.39 is 17.7 Å². The Labute approximate surface area is 108 Å². The number of aromatic nitrogens is 2. The second-order valence-electron chi connectivity index (χ2n) is 4.33. The number of hydrogen-bond donors (Lipinski definition) is 1. The summed E-state index contributed by atoms with van der Waals surface area (Å²) >= 11 is 0. The Bertz CT molecular complexity index is 655. The Hall–Kier alpha value is -2.08. The zero-order chi connectivity index (χ0) is 14.0. The van der Waals surface area contributed by atoms with Crippen LogP contribution < -0.4 is 11.3 Å². The van der Waals surface area contributed by atoms with Crippen molar-refractivity contribution >= 4 is 0 Å². The number of benzene rings is 1. The Morgan fingerprint density at radius 2 is 2.11 bits per heavy atom. The number of nitrogens with zero attached hydrogens (tertiary/aromatic N) is 2. The molecule has 0 radical (unpaired) electrons. The molecular formula is C13H13F2N3O. The standard InChI is InChI=1S/C13H13F2N3O/c1-8-4-13(19)18(17-6-8)7-12(16)10-3-2-9(14)5-11(10)15/h2-6,12H,7,16H2,1H3. The molecule has 0 saturated heterocycles. The van der Waals surface area contributed by atoms with Crippen LogP contribution in [0.3, 0.4) is 0 Å². The van der Waals surface area contributed by atoms with Gasteiger partial charge >= 0.3 is 0 Å². The fraction of sp³-hybridized carbons (Fsp3) is 0.231. The molecule has 0 aliphatic rings. The van der Waals surface area contributed by atoms with Crippen LogP contribution in [0.25, 0.3) is 0 Å². The van der Waals surface area contributed by atoms with Crippen molar-refractivity contribution in [3.8, 4) is 0 Å². The summed E-state index contributed by atoms with van der Waals surface area (Å²) in [4.78, 5) is 11.6. The molecule has 2 rings (SSSR count). The zero-order valence-corrected chi connectivity index (χ0v) is 10.3. The number of nitrogens with two attached hydrogens (primary N) is 1. The highest BCUT2D eigenvalue weighted by Gasteiger charge is 2.14. The van der Waals surface area contributed by atoms with E-state index in [1.165, 1.54) is 18.3 Å². The van der Waals surface area contributed by atoms with E-state index in [-0.39, 0.29) is 17.7 Å². The van der Waals surface area contributed by atoms with E-state index in [1.807, 2.05) is 0 Å². The molecule has 0 aliphatic carbocycles. The van der Waals surface area contributed by atoms with E-state index in [0.717, 1.165) is 22.4 Å². The van der Waals surface area contributed by atoms with E-state index >= 15 is 0 Å². The number of hydrogen-bond acceptors (Lipinski definition) is 3. The van der Waals surface area contributed by atoms with E-state index in [0.29, 0.717) is 0 Å². The highest BCUT2D eigenvalue weighted by atomic mass is 19.1.